The van der Waals surface area contributed by atoms with Crippen molar-refractivity contribution >= 4 is 17.5 Å². The number of amides is 1. The van der Waals surface area contributed by atoms with Crippen molar-refractivity contribution in [1.29, 1.82) is 0 Å². The molecule has 1 amide bonds. The van der Waals surface area contributed by atoms with Gasteiger partial charge in [-0.1, -0.05) is 37.6 Å². The van der Waals surface area contributed by atoms with Gasteiger partial charge in [-0.2, -0.15) is 0 Å². The van der Waals surface area contributed by atoms with Gasteiger partial charge in [0.05, 0.1) is 11.5 Å². The Kier molecular flexibility index (Phi) is 4.95. The highest BCUT2D eigenvalue weighted by molar-refractivity contribution is 6.30. The number of hydrogen-bond acceptors (Lipinski definition) is 2. The largest absolute Gasteiger partial charge is 0.338 e. The minimum Gasteiger partial charge on any atom is -0.338 e. The molecule has 4 heteroatoms. The van der Waals surface area contributed by atoms with Gasteiger partial charge in [-0.25, -0.2) is 0 Å². The molecule has 1 N–H and O–H groups in total. The SMILES string of the molecule is CC(c1cccc(Cl)c1)N(C)C(=O)C1(C(C)C)CCNC1. The molecule has 0 bridgehead atoms. The molecule has 1 aliphatic heterocycles. The number of nitrogens with zero attached hydrogens (tertiary/aromatic N) is 1. The van der Waals surface area contributed by atoms with Crippen LogP contribution in [0.25, 0.3) is 0 Å². The molecule has 1 aromatic rings. The lowest BCUT2D eigenvalue weighted by atomic mass is 9.75. The summed E-state index contributed by atoms with van der Waals surface area (Å²) in [5.74, 6) is 0.559. The molecule has 1 saturated heterocycles. The second kappa shape index (κ2) is 6.37. The number of benzene rings is 1. The van der Waals surface area contributed by atoms with Gasteiger partial charge in [0.1, 0.15) is 0 Å². The molecule has 0 aromatic heterocycles. The summed E-state index contributed by atoms with van der Waals surface area (Å²) in [6.07, 6.45) is 0.913. The Bertz CT molecular complexity index is 509. The summed E-state index contributed by atoms with van der Waals surface area (Å²) < 4.78 is 0. The topological polar surface area (TPSA) is 32.3 Å². The van der Waals surface area contributed by atoms with Crippen LogP contribution in [0.3, 0.4) is 0 Å². The predicted molar refractivity (Wildman–Crippen MR) is 87.4 cm³/mol. The van der Waals surface area contributed by atoms with Crippen LogP contribution in [0, 0.1) is 11.3 Å². The molecule has 116 valence electrons. The molecule has 2 unspecified atom stereocenters. The molecule has 1 heterocycles. The zero-order valence-electron chi connectivity index (χ0n) is 13.3. The first-order valence-corrected chi connectivity index (χ1v) is 8.00. The van der Waals surface area contributed by atoms with E-state index in [1.165, 1.54) is 0 Å². The molecule has 0 spiro atoms. The van der Waals surface area contributed by atoms with Crippen molar-refractivity contribution in [3.63, 3.8) is 0 Å². The van der Waals surface area contributed by atoms with Gasteiger partial charge in [-0.05, 0) is 43.5 Å². The van der Waals surface area contributed by atoms with Crippen LogP contribution in [0.15, 0.2) is 24.3 Å². The van der Waals surface area contributed by atoms with Crippen molar-refractivity contribution in [2.75, 3.05) is 20.1 Å². The fourth-order valence-electron chi connectivity index (χ4n) is 3.15. The van der Waals surface area contributed by atoms with Gasteiger partial charge >= 0.3 is 0 Å². The van der Waals surface area contributed by atoms with Crippen LogP contribution in [0.1, 0.15) is 38.8 Å². The fourth-order valence-corrected chi connectivity index (χ4v) is 3.35. The number of nitrogens with one attached hydrogen (secondary N) is 1. The lowest BCUT2D eigenvalue weighted by Gasteiger charge is -2.37. The summed E-state index contributed by atoms with van der Waals surface area (Å²) in [7, 11) is 1.90. The maximum Gasteiger partial charge on any atom is 0.230 e. The van der Waals surface area contributed by atoms with E-state index < -0.39 is 0 Å². The minimum absolute atomic E-state index is 0.0208. The normalized spacial score (nSPS) is 23.3. The van der Waals surface area contributed by atoms with Crippen LogP contribution < -0.4 is 5.32 Å². The predicted octanol–water partition coefficient (Wildman–Crippen LogP) is 3.50. The van der Waals surface area contributed by atoms with Crippen LogP contribution >= 0.6 is 11.6 Å². The molecule has 1 aromatic carbocycles. The molecule has 1 aliphatic rings. The molecule has 0 radical (unpaired) electrons. The van der Waals surface area contributed by atoms with E-state index in [2.05, 4.69) is 26.1 Å². The molecule has 3 nitrogen and oxygen atoms in total. The van der Waals surface area contributed by atoms with Crippen LogP contribution in [-0.2, 0) is 4.79 Å². The summed E-state index contributed by atoms with van der Waals surface area (Å²) in [5, 5.41) is 4.06. The molecule has 0 saturated carbocycles. The monoisotopic (exact) mass is 308 g/mol. The summed E-state index contributed by atoms with van der Waals surface area (Å²) >= 11 is 6.06. The standard InChI is InChI=1S/C17H25ClN2O/c1-12(2)17(8-9-19-11-17)16(21)20(4)13(3)14-6-5-7-15(18)10-14/h5-7,10,12-13,19H,8-9,11H2,1-4H3. The molecular formula is C17H25ClN2O. The van der Waals surface area contributed by atoms with Crippen molar-refractivity contribution in [2.45, 2.75) is 33.2 Å². The fraction of sp³-hybridized carbons (Fsp3) is 0.588. The first kappa shape index (κ1) is 16.3. The van der Waals surface area contributed by atoms with Crippen molar-refractivity contribution in [3.05, 3.63) is 34.9 Å². The van der Waals surface area contributed by atoms with E-state index in [0.29, 0.717) is 10.9 Å². The average Bonchev–Trinajstić information content (AvgIpc) is 2.95. The van der Waals surface area contributed by atoms with E-state index in [1.807, 2.05) is 36.2 Å². The van der Waals surface area contributed by atoms with Crippen molar-refractivity contribution in [3.8, 4) is 0 Å². The van der Waals surface area contributed by atoms with Crippen LogP contribution in [0.4, 0.5) is 0 Å². The van der Waals surface area contributed by atoms with E-state index in [-0.39, 0.29) is 17.4 Å². The summed E-state index contributed by atoms with van der Waals surface area (Å²) in [5.41, 5.74) is 0.796. The summed E-state index contributed by atoms with van der Waals surface area (Å²) in [6.45, 7) is 8.03. The van der Waals surface area contributed by atoms with Crippen molar-refractivity contribution < 1.29 is 4.79 Å². The Morgan fingerprint density at radius 2 is 2.10 bits per heavy atom. The summed E-state index contributed by atoms with van der Waals surface area (Å²) in [6, 6.07) is 7.77. The van der Waals surface area contributed by atoms with Crippen LogP contribution in [0.5, 0.6) is 0 Å². The van der Waals surface area contributed by atoms with Gasteiger partial charge in [0.15, 0.2) is 0 Å². The minimum atomic E-state index is -0.276. The highest BCUT2D eigenvalue weighted by Gasteiger charge is 2.46. The second-order valence-electron chi connectivity index (χ2n) is 6.38. The number of carbonyl (C=O) groups is 1. The Balaban J connectivity index is 2.22. The first-order valence-electron chi connectivity index (χ1n) is 7.62. The smallest absolute Gasteiger partial charge is 0.230 e. The molecule has 2 rings (SSSR count). The zero-order chi connectivity index (χ0) is 15.6. The first-order chi connectivity index (χ1) is 9.88. The third-order valence-corrected chi connectivity index (χ3v) is 5.19. The highest BCUT2D eigenvalue weighted by Crippen LogP contribution is 2.38. The summed E-state index contributed by atoms with van der Waals surface area (Å²) in [4.78, 5) is 14.9. The lowest BCUT2D eigenvalue weighted by molar-refractivity contribution is -0.144. The molecule has 2 atom stereocenters. The maximum atomic E-state index is 13.1. The van der Waals surface area contributed by atoms with Crippen LogP contribution in [-0.4, -0.2) is 30.9 Å². The van der Waals surface area contributed by atoms with E-state index in [4.69, 9.17) is 11.6 Å². The van der Waals surface area contributed by atoms with Gasteiger partial charge in [-0.3, -0.25) is 4.79 Å². The quantitative estimate of drug-likeness (QED) is 0.923. The third-order valence-electron chi connectivity index (χ3n) is 4.95. The van der Waals surface area contributed by atoms with Gasteiger partial charge in [0.2, 0.25) is 5.91 Å². The highest BCUT2D eigenvalue weighted by atomic mass is 35.5. The Morgan fingerprint density at radius 1 is 1.38 bits per heavy atom. The van der Waals surface area contributed by atoms with Crippen molar-refractivity contribution in [2.24, 2.45) is 11.3 Å². The Labute approximate surface area is 132 Å². The molecular weight excluding hydrogens is 284 g/mol. The number of rotatable bonds is 4. The van der Waals surface area contributed by atoms with Gasteiger partial charge < -0.3 is 10.2 Å². The van der Waals surface area contributed by atoms with E-state index in [0.717, 1.165) is 25.1 Å². The van der Waals surface area contributed by atoms with Crippen LogP contribution in [0.2, 0.25) is 5.02 Å². The van der Waals surface area contributed by atoms with Gasteiger partial charge in [0, 0.05) is 18.6 Å². The number of hydrogen-bond donors (Lipinski definition) is 1. The molecule has 21 heavy (non-hydrogen) atoms. The van der Waals surface area contributed by atoms with E-state index in [9.17, 15) is 4.79 Å². The van der Waals surface area contributed by atoms with Gasteiger partial charge in [-0.15, -0.1) is 0 Å². The van der Waals surface area contributed by atoms with Gasteiger partial charge in [0.25, 0.3) is 0 Å². The average molecular weight is 309 g/mol. The Morgan fingerprint density at radius 3 is 2.62 bits per heavy atom. The Hall–Kier alpha value is -1.06. The molecule has 1 fully saturated rings. The third kappa shape index (κ3) is 3.09. The van der Waals surface area contributed by atoms with E-state index >= 15 is 0 Å². The second-order valence-corrected chi connectivity index (χ2v) is 6.82. The number of halogens is 1. The zero-order valence-corrected chi connectivity index (χ0v) is 14.1. The molecule has 0 aliphatic carbocycles. The van der Waals surface area contributed by atoms with Crippen molar-refractivity contribution in [1.82, 2.24) is 10.2 Å². The lowest BCUT2D eigenvalue weighted by Crippen LogP contribution is -2.47. The maximum absolute atomic E-state index is 13.1. The number of carbonyl (C=O) groups excluding carboxylic acids is 1. The van der Waals surface area contributed by atoms with E-state index in [1.54, 1.807) is 0 Å².